The molecule has 1 aliphatic rings. The zero-order chi connectivity index (χ0) is 15.3. The summed E-state index contributed by atoms with van der Waals surface area (Å²) in [7, 11) is 2.15. The van der Waals surface area contributed by atoms with E-state index in [2.05, 4.69) is 61.4 Å². The van der Waals surface area contributed by atoms with Crippen LogP contribution in [0.3, 0.4) is 0 Å². The highest BCUT2D eigenvalue weighted by Crippen LogP contribution is 2.37. The maximum Gasteiger partial charge on any atom is 0.109 e. The highest BCUT2D eigenvalue weighted by atomic mass is 15.1. The number of nitrogens with zero attached hydrogens (tertiary/aromatic N) is 2. The highest BCUT2D eigenvalue weighted by Gasteiger charge is 2.42. The van der Waals surface area contributed by atoms with Crippen LogP contribution in [0.1, 0.15) is 38.2 Å². The molecule has 1 aromatic rings. The average Bonchev–Trinajstić information content (AvgIpc) is 2.89. The minimum atomic E-state index is -0.290. The molecule has 1 fully saturated rings. The summed E-state index contributed by atoms with van der Waals surface area (Å²) in [6, 6.07) is 11.1. The lowest BCUT2D eigenvalue weighted by Crippen LogP contribution is -2.47. The van der Waals surface area contributed by atoms with Gasteiger partial charge in [0.2, 0.25) is 0 Å². The molecule has 2 rings (SSSR count). The van der Waals surface area contributed by atoms with Crippen molar-refractivity contribution in [2.45, 2.75) is 45.1 Å². The number of hydrogen-bond acceptors (Lipinski definition) is 3. The molecule has 2 atom stereocenters. The molecular formula is C18H27N3. The molecule has 0 heterocycles. The second-order valence-electron chi connectivity index (χ2n) is 6.20. The molecule has 1 saturated carbocycles. The molecule has 0 aliphatic heterocycles. The van der Waals surface area contributed by atoms with E-state index in [4.69, 9.17) is 0 Å². The summed E-state index contributed by atoms with van der Waals surface area (Å²) >= 11 is 0. The van der Waals surface area contributed by atoms with Gasteiger partial charge in [0.25, 0.3) is 0 Å². The van der Waals surface area contributed by atoms with Gasteiger partial charge in [0.05, 0.1) is 6.07 Å². The van der Waals surface area contributed by atoms with Crippen LogP contribution in [-0.4, -0.2) is 25.7 Å². The molecule has 3 nitrogen and oxygen atoms in total. The van der Waals surface area contributed by atoms with Gasteiger partial charge < -0.3 is 4.90 Å². The fourth-order valence-corrected chi connectivity index (χ4v) is 3.67. The lowest BCUT2D eigenvalue weighted by molar-refractivity contribution is 0.309. The third-order valence-corrected chi connectivity index (χ3v) is 4.85. The molecule has 0 bridgehead atoms. The Bertz CT molecular complexity index is 505. The Kier molecular flexibility index (Phi) is 5.25. The first-order chi connectivity index (χ1) is 10.1. The van der Waals surface area contributed by atoms with E-state index in [-0.39, 0.29) is 5.54 Å². The van der Waals surface area contributed by atoms with Crippen LogP contribution in [0.2, 0.25) is 0 Å². The smallest absolute Gasteiger partial charge is 0.109 e. The Morgan fingerprint density at radius 2 is 2.19 bits per heavy atom. The van der Waals surface area contributed by atoms with Crippen LogP contribution >= 0.6 is 0 Å². The van der Waals surface area contributed by atoms with E-state index < -0.39 is 0 Å². The maximum absolute atomic E-state index is 9.62. The molecule has 0 saturated heterocycles. The van der Waals surface area contributed by atoms with E-state index in [1.165, 1.54) is 24.1 Å². The van der Waals surface area contributed by atoms with Crippen LogP contribution in [0.4, 0.5) is 5.69 Å². The van der Waals surface area contributed by atoms with Crippen LogP contribution in [0, 0.1) is 24.2 Å². The molecular weight excluding hydrogens is 258 g/mol. The van der Waals surface area contributed by atoms with Crippen LogP contribution in [0.25, 0.3) is 0 Å². The Morgan fingerprint density at radius 3 is 2.86 bits per heavy atom. The first-order valence-electron chi connectivity index (χ1n) is 8.06. The van der Waals surface area contributed by atoms with Gasteiger partial charge >= 0.3 is 0 Å². The van der Waals surface area contributed by atoms with Gasteiger partial charge in [-0.3, -0.25) is 5.32 Å². The zero-order valence-corrected chi connectivity index (χ0v) is 13.5. The minimum absolute atomic E-state index is 0.290. The minimum Gasteiger partial charge on any atom is -0.374 e. The van der Waals surface area contributed by atoms with Gasteiger partial charge in [-0.2, -0.15) is 5.26 Å². The SMILES string of the molecule is CCNC1(C#N)CCCC1CCN(C)c1ccccc1C. The zero-order valence-electron chi connectivity index (χ0n) is 13.5. The number of benzene rings is 1. The molecule has 0 amide bonds. The Hall–Kier alpha value is -1.53. The van der Waals surface area contributed by atoms with E-state index >= 15 is 0 Å². The predicted octanol–water partition coefficient (Wildman–Crippen LogP) is 3.49. The van der Waals surface area contributed by atoms with Gasteiger partial charge in [0.15, 0.2) is 0 Å². The van der Waals surface area contributed by atoms with E-state index in [9.17, 15) is 5.26 Å². The Balaban J connectivity index is 1.99. The Labute approximate surface area is 129 Å². The van der Waals surface area contributed by atoms with E-state index in [0.29, 0.717) is 5.92 Å². The second-order valence-corrected chi connectivity index (χ2v) is 6.20. The quantitative estimate of drug-likeness (QED) is 0.869. The standard InChI is InChI=1S/C18H27N3/c1-4-20-18(14-19)12-7-9-16(18)11-13-21(3)17-10-6-5-8-15(17)2/h5-6,8,10,16,20H,4,7,9,11-13H2,1-3H3. The van der Waals surface area contributed by atoms with Crippen molar-refractivity contribution in [2.75, 3.05) is 25.0 Å². The third kappa shape index (κ3) is 3.39. The molecule has 2 unspecified atom stereocenters. The fraction of sp³-hybridized carbons (Fsp3) is 0.611. The summed E-state index contributed by atoms with van der Waals surface area (Å²) < 4.78 is 0. The molecule has 1 N–H and O–H groups in total. The first-order valence-corrected chi connectivity index (χ1v) is 8.06. The summed E-state index contributed by atoms with van der Waals surface area (Å²) in [6.07, 6.45) is 4.41. The monoisotopic (exact) mass is 285 g/mol. The third-order valence-electron chi connectivity index (χ3n) is 4.85. The summed E-state index contributed by atoms with van der Waals surface area (Å²) in [6.45, 7) is 6.12. The van der Waals surface area contributed by atoms with Gasteiger partial charge in [-0.1, -0.05) is 31.5 Å². The normalized spacial score (nSPS) is 24.8. The van der Waals surface area contributed by atoms with Crippen molar-refractivity contribution < 1.29 is 0 Å². The van der Waals surface area contributed by atoms with Crippen LogP contribution in [0.5, 0.6) is 0 Å². The molecule has 1 aliphatic carbocycles. The Morgan fingerprint density at radius 1 is 1.43 bits per heavy atom. The number of para-hydroxylation sites is 1. The van der Waals surface area contributed by atoms with E-state index in [1.54, 1.807) is 0 Å². The molecule has 21 heavy (non-hydrogen) atoms. The fourth-order valence-electron chi connectivity index (χ4n) is 3.67. The van der Waals surface area contributed by atoms with Crippen LogP contribution in [0.15, 0.2) is 24.3 Å². The number of aryl methyl sites for hydroxylation is 1. The molecule has 0 radical (unpaired) electrons. The van der Waals surface area contributed by atoms with Crippen molar-refractivity contribution in [3.05, 3.63) is 29.8 Å². The van der Waals surface area contributed by atoms with Gasteiger partial charge in [-0.25, -0.2) is 0 Å². The topological polar surface area (TPSA) is 39.1 Å². The molecule has 1 aromatic carbocycles. The number of nitriles is 1. The van der Waals surface area contributed by atoms with Gasteiger partial charge in [-0.05, 0) is 50.3 Å². The lowest BCUT2D eigenvalue weighted by Gasteiger charge is -2.31. The molecule has 114 valence electrons. The maximum atomic E-state index is 9.62. The average molecular weight is 285 g/mol. The summed E-state index contributed by atoms with van der Waals surface area (Å²) in [4.78, 5) is 2.32. The highest BCUT2D eigenvalue weighted by molar-refractivity contribution is 5.52. The number of rotatable bonds is 6. The lowest BCUT2D eigenvalue weighted by atomic mass is 9.85. The van der Waals surface area contributed by atoms with Gasteiger partial charge in [0, 0.05) is 19.3 Å². The molecule has 3 heteroatoms. The largest absolute Gasteiger partial charge is 0.374 e. The van der Waals surface area contributed by atoms with Crippen molar-refractivity contribution in [1.29, 1.82) is 5.26 Å². The van der Waals surface area contributed by atoms with E-state index in [1.807, 2.05) is 0 Å². The molecule has 0 spiro atoms. The predicted molar refractivity (Wildman–Crippen MR) is 88.4 cm³/mol. The van der Waals surface area contributed by atoms with Crippen molar-refractivity contribution >= 4 is 5.69 Å². The number of hydrogen-bond donors (Lipinski definition) is 1. The van der Waals surface area contributed by atoms with Gasteiger partial charge in [0.1, 0.15) is 5.54 Å². The molecule has 0 aromatic heterocycles. The number of nitrogens with one attached hydrogen (secondary N) is 1. The van der Waals surface area contributed by atoms with Crippen LogP contribution < -0.4 is 10.2 Å². The van der Waals surface area contributed by atoms with Crippen molar-refractivity contribution in [3.8, 4) is 6.07 Å². The van der Waals surface area contributed by atoms with Crippen molar-refractivity contribution in [3.63, 3.8) is 0 Å². The number of anilines is 1. The first kappa shape index (κ1) is 15.9. The summed E-state index contributed by atoms with van der Waals surface area (Å²) in [5, 5.41) is 13.1. The van der Waals surface area contributed by atoms with Crippen LogP contribution in [-0.2, 0) is 0 Å². The van der Waals surface area contributed by atoms with Gasteiger partial charge in [-0.15, -0.1) is 0 Å². The van der Waals surface area contributed by atoms with Crippen molar-refractivity contribution in [1.82, 2.24) is 5.32 Å². The second kappa shape index (κ2) is 6.95. The summed E-state index contributed by atoms with van der Waals surface area (Å²) in [5.74, 6) is 0.467. The van der Waals surface area contributed by atoms with Crippen molar-refractivity contribution in [2.24, 2.45) is 5.92 Å². The van der Waals surface area contributed by atoms with E-state index in [0.717, 1.165) is 25.9 Å². The summed E-state index contributed by atoms with van der Waals surface area (Å²) in [5.41, 5.74) is 2.31.